The highest BCUT2D eigenvalue weighted by Gasteiger charge is 2.31. The Balaban J connectivity index is 1.49. The Morgan fingerprint density at radius 1 is 0.868 bits per heavy atom. The summed E-state index contributed by atoms with van der Waals surface area (Å²) >= 11 is 1.23. The molecule has 0 aliphatic carbocycles. The standard InChI is InChI=1S/C26H22F3N5O3S/c1-14-7-9-18(30-22(35)15-5-4-6-17(11-15)26(27,28)29)13-20(14)31-23(36)16-8-10-19-21(12-16)38-24(32-19)33-25(37)34(2)3/h4-13H,1-3H3,(H,30,35)(H,31,36)(H,32,33,37). The molecule has 0 spiro atoms. The van der Waals surface area contributed by atoms with E-state index in [2.05, 4.69) is 20.9 Å². The number of rotatable bonds is 5. The van der Waals surface area contributed by atoms with Gasteiger partial charge in [0.2, 0.25) is 0 Å². The van der Waals surface area contributed by atoms with Gasteiger partial charge >= 0.3 is 12.2 Å². The monoisotopic (exact) mass is 541 g/mol. The number of halogens is 3. The second kappa shape index (κ2) is 10.5. The molecule has 0 aliphatic heterocycles. The average molecular weight is 542 g/mol. The molecular formula is C26H22F3N5O3S. The van der Waals surface area contributed by atoms with Crippen LogP contribution in [0.3, 0.4) is 0 Å². The number of nitrogens with one attached hydrogen (secondary N) is 3. The van der Waals surface area contributed by atoms with E-state index in [1.165, 1.54) is 28.4 Å². The summed E-state index contributed by atoms with van der Waals surface area (Å²) in [6.07, 6.45) is -4.57. The van der Waals surface area contributed by atoms with Crippen molar-refractivity contribution in [3.8, 4) is 0 Å². The molecule has 0 radical (unpaired) electrons. The lowest BCUT2D eigenvalue weighted by atomic mass is 10.1. The van der Waals surface area contributed by atoms with Crippen molar-refractivity contribution in [2.75, 3.05) is 30.0 Å². The number of alkyl halides is 3. The molecule has 4 aromatic rings. The minimum absolute atomic E-state index is 0.148. The second-order valence-electron chi connectivity index (χ2n) is 8.54. The second-order valence-corrected chi connectivity index (χ2v) is 9.57. The molecule has 4 rings (SSSR count). The molecule has 0 aliphatic rings. The summed E-state index contributed by atoms with van der Waals surface area (Å²) in [5.74, 6) is -1.13. The van der Waals surface area contributed by atoms with Gasteiger partial charge in [0, 0.05) is 36.6 Å². The number of thiazole rings is 1. The molecule has 196 valence electrons. The number of urea groups is 1. The van der Waals surface area contributed by atoms with Crippen LogP contribution in [-0.4, -0.2) is 41.8 Å². The van der Waals surface area contributed by atoms with Gasteiger partial charge in [0.15, 0.2) is 5.13 Å². The molecule has 1 heterocycles. The van der Waals surface area contributed by atoms with Crippen LogP contribution in [0.25, 0.3) is 10.2 Å². The SMILES string of the molecule is Cc1ccc(NC(=O)c2cccc(C(F)(F)F)c2)cc1NC(=O)c1ccc2nc(NC(=O)N(C)C)sc2c1. The van der Waals surface area contributed by atoms with Crippen molar-refractivity contribution >= 4 is 55.9 Å². The van der Waals surface area contributed by atoms with Gasteiger partial charge in [-0.25, -0.2) is 9.78 Å². The molecular weight excluding hydrogens is 519 g/mol. The van der Waals surface area contributed by atoms with Crippen LogP contribution in [0.4, 0.5) is 34.5 Å². The molecule has 0 fully saturated rings. The van der Waals surface area contributed by atoms with Gasteiger partial charge in [0.1, 0.15) is 0 Å². The zero-order valence-corrected chi connectivity index (χ0v) is 21.3. The Bertz CT molecular complexity index is 1550. The predicted octanol–water partition coefficient (Wildman–Crippen LogP) is 6.22. The lowest BCUT2D eigenvalue weighted by molar-refractivity contribution is -0.137. The smallest absolute Gasteiger partial charge is 0.331 e. The maximum Gasteiger partial charge on any atom is 0.416 e. The van der Waals surface area contributed by atoms with Crippen molar-refractivity contribution < 1.29 is 27.6 Å². The molecule has 0 saturated heterocycles. The van der Waals surface area contributed by atoms with Crippen LogP contribution in [0.1, 0.15) is 31.8 Å². The lowest BCUT2D eigenvalue weighted by Gasteiger charge is -2.13. The lowest BCUT2D eigenvalue weighted by Crippen LogP contribution is -2.27. The first kappa shape index (κ1) is 26.6. The molecule has 3 aromatic carbocycles. The Hall–Kier alpha value is -4.45. The Labute approximate surface area is 219 Å². The van der Waals surface area contributed by atoms with Crippen molar-refractivity contribution in [3.63, 3.8) is 0 Å². The minimum Gasteiger partial charge on any atom is -0.331 e. The highest BCUT2D eigenvalue weighted by atomic mass is 32.1. The maximum absolute atomic E-state index is 13.0. The number of fused-ring (bicyclic) bond motifs is 1. The fraction of sp³-hybridized carbons (Fsp3) is 0.154. The third-order valence-corrected chi connectivity index (χ3v) is 6.40. The van der Waals surface area contributed by atoms with Crippen LogP contribution in [0.2, 0.25) is 0 Å². The number of benzene rings is 3. The van der Waals surface area contributed by atoms with Gasteiger partial charge in [0.05, 0.1) is 15.8 Å². The number of hydrogen-bond donors (Lipinski definition) is 3. The summed E-state index contributed by atoms with van der Waals surface area (Å²) in [5, 5.41) is 8.44. The number of aromatic nitrogens is 1. The van der Waals surface area contributed by atoms with Crippen LogP contribution in [0.5, 0.6) is 0 Å². The predicted molar refractivity (Wildman–Crippen MR) is 141 cm³/mol. The summed E-state index contributed by atoms with van der Waals surface area (Å²) in [6, 6.07) is 13.5. The van der Waals surface area contributed by atoms with Crippen molar-refractivity contribution in [2.24, 2.45) is 0 Å². The highest BCUT2D eigenvalue weighted by Crippen LogP contribution is 2.30. The van der Waals surface area contributed by atoms with E-state index in [0.717, 1.165) is 18.2 Å². The topological polar surface area (TPSA) is 103 Å². The van der Waals surface area contributed by atoms with E-state index in [4.69, 9.17) is 0 Å². The summed E-state index contributed by atoms with van der Waals surface area (Å²) in [6.45, 7) is 1.76. The first-order valence-corrected chi connectivity index (χ1v) is 12.0. The molecule has 3 N–H and O–H groups in total. The fourth-order valence-corrected chi connectivity index (χ4v) is 4.29. The van der Waals surface area contributed by atoms with E-state index in [1.807, 2.05) is 0 Å². The molecule has 1 aromatic heterocycles. The highest BCUT2D eigenvalue weighted by molar-refractivity contribution is 7.22. The largest absolute Gasteiger partial charge is 0.416 e. The molecule has 38 heavy (non-hydrogen) atoms. The summed E-state index contributed by atoms with van der Waals surface area (Å²) in [7, 11) is 3.22. The van der Waals surface area contributed by atoms with Crippen LogP contribution in [0.15, 0.2) is 60.7 Å². The van der Waals surface area contributed by atoms with Crippen LogP contribution < -0.4 is 16.0 Å². The average Bonchev–Trinajstić information content (AvgIpc) is 3.27. The summed E-state index contributed by atoms with van der Waals surface area (Å²) < 4.78 is 39.7. The molecule has 0 saturated carbocycles. The molecule has 8 nitrogen and oxygen atoms in total. The molecule has 0 atom stereocenters. The van der Waals surface area contributed by atoms with Crippen molar-refractivity contribution in [1.82, 2.24) is 9.88 Å². The number of anilines is 3. The van der Waals surface area contributed by atoms with Gasteiger partial charge in [-0.2, -0.15) is 13.2 Å². The summed E-state index contributed by atoms with van der Waals surface area (Å²) in [5.41, 5.74) is 1.33. The number of amides is 4. The van der Waals surface area contributed by atoms with Gasteiger partial charge in [-0.1, -0.05) is 23.5 Å². The van der Waals surface area contributed by atoms with Gasteiger partial charge in [-0.05, 0) is 61.0 Å². The number of nitrogens with zero attached hydrogens (tertiary/aromatic N) is 2. The van der Waals surface area contributed by atoms with E-state index in [1.54, 1.807) is 51.4 Å². The molecule has 0 bridgehead atoms. The van der Waals surface area contributed by atoms with Crippen LogP contribution in [-0.2, 0) is 6.18 Å². The molecule has 12 heteroatoms. The van der Waals surface area contributed by atoms with E-state index >= 15 is 0 Å². The first-order valence-electron chi connectivity index (χ1n) is 11.2. The quantitative estimate of drug-likeness (QED) is 0.279. The zero-order chi connectivity index (χ0) is 27.6. The fourth-order valence-electron chi connectivity index (χ4n) is 3.39. The molecule has 0 unspecified atom stereocenters. The van der Waals surface area contributed by atoms with Crippen LogP contribution >= 0.6 is 11.3 Å². The van der Waals surface area contributed by atoms with E-state index in [9.17, 15) is 27.6 Å². The Kier molecular flexibility index (Phi) is 7.35. The number of aryl methyl sites for hydroxylation is 1. The summed E-state index contributed by atoms with van der Waals surface area (Å²) in [4.78, 5) is 43.1. The Morgan fingerprint density at radius 3 is 2.29 bits per heavy atom. The van der Waals surface area contributed by atoms with Gasteiger partial charge in [-0.3, -0.25) is 14.9 Å². The Morgan fingerprint density at radius 2 is 1.58 bits per heavy atom. The first-order chi connectivity index (χ1) is 17.9. The van der Waals surface area contributed by atoms with Gasteiger partial charge < -0.3 is 15.5 Å². The minimum atomic E-state index is -4.57. The number of hydrogen-bond acceptors (Lipinski definition) is 5. The van der Waals surface area contributed by atoms with E-state index in [-0.39, 0.29) is 11.6 Å². The van der Waals surface area contributed by atoms with Crippen molar-refractivity contribution in [2.45, 2.75) is 13.1 Å². The van der Waals surface area contributed by atoms with Crippen molar-refractivity contribution in [3.05, 3.63) is 82.9 Å². The van der Waals surface area contributed by atoms with Crippen LogP contribution in [0, 0.1) is 6.92 Å². The normalized spacial score (nSPS) is 11.2. The maximum atomic E-state index is 13.0. The van der Waals surface area contributed by atoms with Gasteiger partial charge in [0.25, 0.3) is 11.8 Å². The third kappa shape index (κ3) is 6.09. The third-order valence-electron chi connectivity index (χ3n) is 5.47. The zero-order valence-electron chi connectivity index (χ0n) is 20.4. The van der Waals surface area contributed by atoms with E-state index in [0.29, 0.717) is 37.8 Å². The number of carbonyl (C=O) groups excluding carboxylic acids is 3. The molecule has 4 amide bonds. The van der Waals surface area contributed by atoms with Gasteiger partial charge in [-0.15, -0.1) is 0 Å². The van der Waals surface area contributed by atoms with E-state index < -0.39 is 23.6 Å². The number of carbonyl (C=O) groups is 3. The van der Waals surface area contributed by atoms with Crippen molar-refractivity contribution in [1.29, 1.82) is 0 Å².